The molecule has 0 aromatic carbocycles. The van der Waals surface area contributed by atoms with Gasteiger partial charge in [-0.1, -0.05) is 0 Å². The summed E-state index contributed by atoms with van der Waals surface area (Å²) in [6.07, 6.45) is 4.26. The quantitative estimate of drug-likeness (QED) is 0.566. The third-order valence-electron chi connectivity index (χ3n) is 4.04. The fraction of sp³-hybridized carbons (Fsp3) is 1.00. The largest absolute Gasteiger partial charge is 0.245 e. The maximum Gasteiger partial charge on any atom is 0.117 e. The molecule has 4 heterocycles. The Kier molecular flexibility index (Phi) is 1.84. The molecule has 4 aliphatic rings. The lowest BCUT2D eigenvalue weighted by Crippen LogP contribution is -2.66. The summed E-state index contributed by atoms with van der Waals surface area (Å²) in [5.74, 6) is 0. The van der Waals surface area contributed by atoms with Crippen LogP contribution < -0.4 is 0 Å². The molecule has 0 radical (unpaired) electrons. The summed E-state index contributed by atoms with van der Waals surface area (Å²) in [6.45, 7) is 11.1. The minimum atomic E-state index is -0.753. The highest BCUT2D eigenvalue weighted by atomic mass is 31.2. The van der Waals surface area contributed by atoms with Crippen molar-refractivity contribution in [3.8, 4) is 0 Å². The van der Waals surface area contributed by atoms with Crippen molar-refractivity contribution in [3.63, 3.8) is 0 Å². The van der Waals surface area contributed by atoms with Gasteiger partial charge in [-0.3, -0.25) is 0 Å². The highest BCUT2D eigenvalue weighted by Gasteiger charge is 2.60. The molecule has 4 heteroatoms. The van der Waals surface area contributed by atoms with E-state index >= 15 is 0 Å². The van der Waals surface area contributed by atoms with Gasteiger partial charge in [-0.2, -0.15) is 0 Å². The first-order chi connectivity index (χ1) is 6.48. The number of rotatable bonds is 0. The molecule has 0 aromatic heterocycles. The van der Waals surface area contributed by atoms with E-state index in [-0.39, 0.29) is 0 Å². The van der Waals surface area contributed by atoms with E-state index in [1.54, 1.807) is 0 Å². The van der Waals surface area contributed by atoms with Crippen molar-refractivity contribution in [2.24, 2.45) is 0 Å². The molecule has 0 saturated carbocycles. The molecule has 4 fully saturated rings. The molecule has 0 aliphatic carbocycles. The van der Waals surface area contributed by atoms with Gasteiger partial charge in [0.25, 0.3) is 0 Å². The van der Waals surface area contributed by atoms with E-state index in [0.717, 1.165) is 0 Å². The molecule has 0 spiro atoms. The third-order valence-corrected chi connectivity index (χ3v) is 9.71. The Bertz CT molecular complexity index is 223. The van der Waals surface area contributed by atoms with Gasteiger partial charge in [-0.15, -0.1) is 0 Å². The Morgan fingerprint density at radius 1 is 0.786 bits per heavy atom. The van der Waals surface area contributed by atoms with Crippen LogP contribution in [0.5, 0.6) is 0 Å². The van der Waals surface area contributed by atoms with Crippen LogP contribution >= 0.6 is 7.26 Å². The average Bonchev–Trinajstić information content (AvgIpc) is 1.98. The SMILES string of the molecule is CC(C)(C)[P+]12CN3CN(CN(C3)C1)C2. The van der Waals surface area contributed by atoms with Gasteiger partial charge >= 0.3 is 0 Å². The van der Waals surface area contributed by atoms with E-state index in [9.17, 15) is 0 Å². The monoisotopic (exact) mass is 214 g/mol. The highest BCUT2D eigenvalue weighted by Crippen LogP contribution is 2.73. The molecule has 0 N–H and O–H groups in total. The molecule has 4 rings (SSSR count). The van der Waals surface area contributed by atoms with Crippen LogP contribution in [0.1, 0.15) is 20.8 Å². The van der Waals surface area contributed by atoms with Crippen LogP contribution in [0, 0.1) is 0 Å². The molecule has 4 saturated heterocycles. The first kappa shape index (κ1) is 9.53. The van der Waals surface area contributed by atoms with Gasteiger partial charge < -0.3 is 0 Å². The van der Waals surface area contributed by atoms with Crippen LogP contribution in [0.2, 0.25) is 0 Å². The van der Waals surface area contributed by atoms with Gasteiger partial charge in [0.2, 0.25) is 0 Å². The number of hydrogen-bond donors (Lipinski definition) is 0. The molecule has 4 bridgehead atoms. The molecule has 0 amide bonds. The van der Waals surface area contributed by atoms with Crippen LogP contribution in [0.4, 0.5) is 0 Å². The summed E-state index contributed by atoms with van der Waals surface area (Å²) in [5, 5.41) is 0.545. The maximum absolute atomic E-state index is 2.65. The summed E-state index contributed by atoms with van der Waals surface area (Å²) in [7, 11) is -0.753. The molecule has 3 nitrogen and oxygen atoms in total. The summed E-state index contributed by atoms with van der Waals surface area (Å²) < 4.78 is 0. The Hall–Kier alpha value is 0.310. The van der Waals surface area contributed by atoms with Crippen molar-refractivity contribution in [1.29, 1.82) is 0 Å². The zero-order valence-corrected chi connectivity index (χ0v) is 10.4. The predicted octanol–water partition coefficient (Wildman–Crippen LogP) is 1.49. The maximum atomic E-state index is 2.65. The topological polar surface area (TPSA) is 9.72 Å². The highest BCUT2D eigenvalue weighted by molar-refractivity contribution is 7.77. The Morgan fingerprint density at radius 3 is 1.43 bits per heavy atom. The lowest BCUT2D eigenvalue weighted by molar-refractivity contribution is -0.0296. The van der Waals surface area contributed by atoms with Gasteiger partial charge in [-0.25, -0.2) is 14.7 Å². The summed E-state index contributed by atoms with van der Waals surface area (Å²) in [4.78, 5) is 7.95. The van der Waals surface area contributed by atoms with Gasteiger partial charge in [0, 0.05) is 0 Å². The van der Waals surface area contributed by atoms with Gasteiger partial charge in [-0.05, 0) is 20.8 Å². The third kappa shape index (κ3) is 1.19. The fourth-order valence-electron chi connectivity index (χ4n) is 3.17. The van der Waals surface area contributed by atoms with Crippen LogP contribution in [-0.2, 0) is 0 Å². The van der Waals surface area contributed by atoms with E-state index in [2.05, 4.69) is 35.5 Å². The average molecular weight is 214 g/mol. The van der Waals surface area contributed by atoms with Crippen molar-refractivity contribution < 1.29 is 0 Å². The Balaban J connectivity index is 1.95. The number of hydrogen-bond acceptors (Lipinski definition) is 3. The van der Waals surface area contributed by atoms with E-state index in [1.807, 2.05) is 0 Å². The smallest absolute Gasteiger partial charge is 0.117 e. The van der Waals surface area contributed by atoms with Crippen molar-refractivity contribution in [2.75, 3.05) is 38.9 Å². The first-order valence-corrected chi connectivity index (χ1v) is 7.86. The second kappa shape index (κ2) is 2.70. The van der Waals surface area contributed by atoms with E-state index < -0.39 is 7.26 Å². The van der Waals surface area contributed by atoms with Gasteiger partial charge in [0.05, 0.1) is 32.4 Å². The van der Waals surface area contributed by atoms with E-state index in [0.29, 0.717) is 5.16 Å². The summed E-state index contributed by atoms with van der Waals surface area (Å²) in [5.41, 5.74) is 0. The van der Waals surface area contributed by atoms with Gasteiger partial charge in [0.15, 0.2) is 0 Å². The van der Waals surface area contributed by atoms with Crippen LogP contribution in [0.25, 0.3) is 0 Å². The molecule has 4 aliphatic heterocycles. The van der Waals surface area contributed by atoms with Crippen LogP contribution in [0.15, 0.2) is 0 Å². The zero-order chi connectivity index (χ0) is 9.97. The normalized spacial score (nSPS) is 51.2. The van der Waals surface area contributed by atoms with E-state index in [1.165, 1.54) is 38.9 Å². The standard InChI is InChI=1S/C10H21N3P/c1-10(2,3)14-7-11-4-12(8-14)6-13(5-11)9-14/h4-9H2,1-3H3/q+1. The van der Waals surface area contributed by atoms with Crippen molar-refractivity contribution in [2.45, 2.75) is 25.9 Å². The molecular formula is C10H21N3P+. The molecule has 14 heavy (non-hydrogen) atoms. The molecular weight excluding hydrogens is 193 g/mol. The van der Waals surface area contributed by atoms with Gasteiger partial charge in [0.1, 0.15) is 18.9 Å². The van der Waals surface area contributed by atoms with Crippen molar-refractivity contribution >= 4 is 7.26 Å². The number of nitrogens with zero attached hydrogens (tertiary/aromatic N) is 3. The lowest BCUT2D eigenvalue weighted by atomic mass is 10.3. The minimum Gasteiger partial charge on any atom is -0.245 e. The van der Waals surface area contributed by atoms with Crippen molar-refractivity contribution in [3.05, 3.63) is 0 Å². The molecule has 80 valence electrons. The second-order valence-electron chi connectivity index (χ2n) is 6.18. The fourth-order valence-corrected chi connectivity index (χ4v) is 7.54. The first-order valence-electron chi connectivity index (χ1n) is 5.52. The van der Waals surface area contributed by atoms with Crippen molar-refractivity contribution in [1.82, 2.24) is 14.7 Å². The zero-order valence-electron chi connectivity index (χ0n) is 9.53. The summed E-state index contributed by atoms with van der Waals surface area (Å²) >= 11 is 0. The minimum absolute atomic E-state index is 0.545. The lowest BCUT2D eigenvalue weighted by Gasteiger charge is -2.59. The Morgan fingerprint density at radius 2 is 1.14 bits per heavy atom. The second-order valence-corrected chi connectivity index (χ2v) is 10.7. The van der Waals surface area contributed by atoms with Crippen LogP contribution in [-0.4, -0.2) is 58.7 Å². The molecule has 0 unspecified atom stereocenters. The summed E-state index contributed by atoms with van der Waals surface area (Å²) in [6, 6.07) is 0. The Labute approximate surface area is 87.4 Å². The van der Waals surface area contributed by atoms with E-state index in [4.69, 9.17) is 0 Å². The predicted molar refractivity (Wildman–Crippen MR) is 61.4 cm³/mol. The molecule has 0 atom stereocenters. The molecule has 0 aromatic rings. The van der Waals surface area contributed by atoms with Crippen LogP contribution in [0.3, 0.4) is 0 Å².